The van der Waals surface area contributed by atoms with Crippen molar-refractivity contribution in [2.24, 2.45) is 5.92 Å². The SMILES string of the molecule is O=C(O)CC1CCC(Oc2nc3nc(-c4ccc(-c5ccc(-c6ncn(CC(F)(F)F)n6)cc5)cc4)c(Cl)cc3[nH]2)CC1. The number of hydrogen-bond acceptors (Lipinski definition) is 6. The Morgan fingerprint density at radius 3 is 2.23 bits per heavy atom. The quantitative estimate of drug-likeness (QED) is 0.191. The van der Waals surface area contributed by atoms with Crippen molar-refractivity contribution in [3.05, 3.63) is 65.9 Å². The topological polar surface area (TPSA) is 119 Å². The molecule has 3 heterocycles. The third-order valence-electron chi connectivity index (χ3n) is 7.45. The number of nitrogens with one attached hydrogen (secondary N) is 1. The lowest BCUT2D eigenvalue weighted by Gasteiger charge is -2.27. The van der Waals surface area contributed by atoms with E-state index >= 15 is 0 Å². The van der Waals surface area contributed by atoms with Crippen molar-refractivity contribution in [2.75, 3.05) is 0 Å². The Bertz CT molecular complexity index is 1740. The highest BCUT2D eigenvalue weighted by Gasteiger charge is 2.29. The summed E-state index contributed by atoms with van der Waals surface area (Å²) in [7, 11) is 0. The van der Waals surface area contributed by atoms with Gasteiger partial charge >= 0.3 is 12.1 Å². The van der Waals surface area contributed by atoms with Crippen molar-refractivity contribution in [2.45, 2.75) is 50.9 Å². The number of carboxylic acid groups (broad SMARTS) is 1. The lowest BCUT2D eigenvalue weighted by atomic mass is 9.85. The number of ether oxygens (including phenoxy) is 1. The molecule has 43 heavy (non-hydrogen) atoms. The number of imidazole rings is 1. The normalized spacial score (nSPS) is 17.3. The number of rotatable bonds is 8. The van der Waals surface area contributed by atoms with Crippen LogP contribution in [0.5, 0.6) is 6.01 Å². The van der Waals surface area contributed by atoms with Crippen molar-refractivity contribution in [3.63, 3.8) is 0 Å². The number of carboxylic acids is 1. The second-order valence-electron chi connectivity index (χ2n) is 10.6. The van der Waals surface area contributed by atoms with Crippen LogP contribution in [0.25, 0.3) is 44.9 Å². The summed E-state index contributed by atoms with van der Waals surface area (Å²) in [6.07, 6.45) is 0.00863. The molecule has 9 nitrogen and oxygen atoms in total. The minimum Gasteiger partial charge on any atom is -0.481 e. The summed E-state index contributed by atoms with van der Waals surface area (Å²) < 4.78 is 44.7. The van der Waals surface area contributed by atoms with Crippen LogP contribution in [0.3, 0.4) is 0 Å². The maximum absolute atomic E-state index is 12.6. The highest BCUT2D eigenvalue weighted by molar-refractivity contribution is 6.33. The van der Waals surface area contributed by atoms with Gasteiger partial charge in [0.1, 0.15) is 19.0 Å². The molecule has 3 aromatic heterocycles. The maximum atomic E-state index is 12.6. The maximum Gasteiger partial charge on any atom is 0.408 e. The summed E-state index contributed by atoms with van der Waals surface area (Å²) >= 11 is 6.59. The molecule has 0 radical (unpaired) electrons. The van der Waals surface area contributed by atoms with E-state index in [2.05, 4.69) is 25.0 Å². The van der Waals surface area contributed by atoms with Gasteiger partial charge in [-0.15, -0.1) is 0 Å². The molecule has 2 N–H and O–H groups in total. The van der Waals surface area contributed by atoms with Gasteiger partial charge in [0.15, 0.2) is 11.5 Å². The number of H-pyrrole nitrogens is 1. The van der Waals surface area contributed by atoms with E-state index in [1.165, 1.54) is 0 Å². The van der Waals surface area contributed by atoms with Crippen LogP contribution in [-0.2, 0) is 11.3 Å². The van der Waals surface area contributed by atoms with E-state index < -0.39 is 18.7 Å². The zero-order valence-electron chi connectivity index (χ0n) is 22.7. The smallest absolute Gasteiger partial charge is 0.408 e. The van der Waals surface area contributed by atoms with Crippen molar-refractivity contribution in [1.29, 1.82) is 0 Å². The largest absolute Gasteiger partial charge is 0.481 e. The second kappa shape index (κ2) is 11.7. The van der Waals surface area contributed by atoms with Gasteiger partial charge in [-0.3, -0.25) is 4.79 Å². The van der Waals surface area contributed by atoms with Crippen LogP contribution in [0.4, 0.5) is 13.2 Å². The number of carbonyl (C=O) groups is 1. The molecule has 5 aromatic rings. The van der Waals surface area contributed by atoms with E-state index in [9.17, 15) is 18.0 Å². The number of halogens is 4. The Labute approximate surface area is 248 Å². The van der Waals surface area contributed by atoms with Crippen LogP contribution in [0, 0.1) is 5.92 Å². The molecule has 6 rings (SSSR count). The molecule has 0 bridgehead atoms. The van der Waals surface area contributed by atoms with Gasteiger partial charge in [0.25, 0.3) is 6.01 Å². The van der Waals surface area contributed by atoms with Crippen LogP contribution < -0.4 is 4.74 Å². The lowest BCUT2D eigenvalue weighted by Crippen LogP contribution is -2.25. The van der Waals surface area contributed by atoms with E-state index in [1.807, 2.05) is 36.4 Å². The number of hydrogen-bond donors (Lipinski definition) is 2. The molecule has 222 valence electrons. The van der Waals surface area contributed by atoms with Gasteiger partial charge in [0.2, 0.25) is 0 Å². The first-order valence-corrected chi connectivity index (χ1v) is 14.1. The Balaban J connectivity index is 1.13. The zero-order valence-corrected chi connectivity index (χ0v) is 23.4. The molecule has 0 aliphatic heterocycles. The van der Waals surface area contributed by atoms with Crippen molar-refractivity contribution >= 4 is 28.7 Å². The molecule has 0 saturated heterocycles. The number of fused-ring (bicyclic) bond motifs is 1. The molecule has 0 atom stereocenters. The summed E-state index contributed by atoms with van der Waals surface area (Å²) in [6.45, 7) is -1.19. The summed E-state index contributed by atoms with van der Waals surface area (Å²) in [5.41, 5.74) is 4.94. The lowest BCUT2D eigenvalue weighted by molar-refractivity contribution is -0.142. The molecular formula is C30H26ClF3N6O3. The Morgan fingerprint density at radius 2 is 1.60 bits per heavy atom. The van der Waals surface area contributed by atoms with Crippen LogP contribution in [-0.4, -0.2) is 53.1 Å². The molecule has 2 aromatic carbocycles. The molecule has 1 saturated carbocycles. The van der Waals surface area contributed by atoms with Crippen LogP contribution in [0.15, 0.2) is 60.9 Å². The number of pyridine rings is 1. The number of benzene rings is 2. The Morgan fingerprint density at radius 1 is 0.977 bits per heavy atom. The van der Waals surface area contributed by atoms with Gasteiger partial charge < -0.3 is 14.8 Å². The van der Waals surface area contributed by atoms with Gasteiger partial charge in [0, 0.05) is 17.5 Å². The third-order valence-corrected chi connectivity index (χ3v) is 7.74. The van der Waals surface area contributed by atoms with E-state index in [0.29, 0.717) is 33.5 Å². The second-order valence-corrected chi connectivity index (χ2v) is 11.0. The molecular weight excluding hydrogens is 585 g/mol. The van der Waals surface area contributed by atoms with Crippen molar-refractivity contribution in [3.8, 4) is 39.8 Å². The van der Waals surface area contributed by atoms with Gasteiger partial charge in [-0.2, -0.15) is 23.3 Å². The first kappa shape index (κ1) is 28.7. The monoisotopic (exact) mass is 610 g/mol. The van der Waals surface area contributed by atoms with E-state index in [4.69, 9.17) is 21.4 Å². The molecule has 1 aliphatic rings. The molecule has 1 fully saturated rings. The summed E-state index contributed by atoms with van der Waals surface area (Å²) in [6, 6.07) is 17.0. The molecule has 0 spiro atoms. The van der Waals surface area contributed by atoms with E-state index in [1.54, 1.807) is 18.2 Å². The zero-order chi connectivity index (χ0) is 30.1. The average Bonchev–Trinajstić information content (AvgIpc) is 3.58. The van der Waals surface area contributed by atoms with Gasteiger partial charge in [-0.05, 0) is 48.8 Å². The third kappa shape index (κ3) is 6.80. The summed E-state index contributed by atoms with van der Waals surface area (Å²) in [4.78, 5) is 27.3. The number of alkyl halides is 3. The standard InChI is InChI=1S/C30H26ClF3N6O3/c31-23-14-24-28(38-29(36-24)43-22-11-1-17(2-12-22)13-25(41)42)37-26(23)20-7-3-18(4-8-20)19-5-9-21(10-6-19)27-35-16-40(39-27)15-30(32,33)34/h3-10,14,16-17,22H,1-2,11-13,15H2,(H,41,42)(H,36,37,38). The fourth-order valence-electron chi connectivity index (χ4n) is 5.33. The molecule has 1 aliphatic carbocycles. The highest BCUT2D eigenvalue weighted by Crippen LogP contribution is 2.33. The number of aromatic amines is 1. The average molecular weight is 611 g/mol. The van der Waals surface area contributed by atoms with Crippen LogP contribution in [0.1, 0.15) is 32.1 Å². The number of aliphatic carboxylic acids is 1. The van der Waals surface area contributed by atoms with E-state index in [-0.39, 0.29) is 24.3 Å². The minimum atomic E-state index is -4.37. The van der Waals surface area contributed by atoms with Crippen LogP contribution in [0.2, 0.25) is 5.02 Å². The minimum absolute atomic E-state index is 0.0369. The summed E-state index contributed by atoms with van der Waals surface area (Å²) in [5.74, 6) is -0.360. The van der Waals surface area contributed by atoms with Crippen molar-refractivity contribution in [1.82, 2.24) is 29.7 Å². The predicted molar refractivity (Wildman–Crippen MR) is 153 cm³/mol. The van der Waals surface area contributed by atoms with Gasteiger partial charge in [0.05, 0.1) is 16.2 Å². The van der Waals surface area contributed by atoms with Gasteiger partial charge in [-0.25, -0.2) is 14.6 Å². The van der Waals surface area contributed by atoms with Crippen molar-refractivity contribution < 1.29 is 27.8 Å². The molecule has 13 heteroatoms. The van der Waals surface area contributed by atoms with Gasteiger partial charge in [-0.1, -0.05) is 60.1 Å². The predicted octanol–water partition coefficient (Wildman–Crippen LogP) is 7.18. The number of nitrogens with zero attached hydrogens (tertiary/aromatic N) is 5. The highest BCUT2D eigenvalue weighted by atomic mass is 35.5. The number of aromatic nitrogens is 6. The first-order chi connectivity index (χ1) is 20.6. The van der Waals surface area contributed by atoms with Crippen LogP contribution >= 0.6 is 11.6 Å². The fourth-order valence-corrected chi connectivity index (χ4v) is 5.59. The van der Waals surface area contributed by atoms with E-state index in [0.717, 1.165) is 53.4 Å². The Kier molecular flexibility index (Phi) is 7.78. The molecule has 0 amide bonds. The fraction of sp³-hybridized carbons (Fsp3) is 0.300. The first-order valence-electron chi connectivity index (χ1n) is 13.7. The Hall–Kier alpha value is -4.45. The molecule has 0 unspecified atom stereocenters. The summed E-state index contributed by atoms with van der Waals surface area (Å²) in [5, 5.41) is 13.4.